The number of aryl methyl sites for hydroxylation is 3. The van der Waals surface area contributed by atoms with Gasteiger partial charge in [-0.2, -0.15) is 0 Å². The predicted octanol–water partition coefficient (Wildman–Crippen LogP) is 4.45. The van der Waals surface area contributed by atoms with Gasteiger partial charge in [-0.15, -0.1) is 0 Å². The first-order valence-corrected chi connectivity index (χ1v) is 7.72. The number of rotatable bonds is 2. The molecule has 1 aliphatic rings. The third-order valence-corrected chi connectivity index (χ3v) is 4.64. The lowest BCUT2D eigenvalue weighted by Gasteiger charge is -2.10. The van der Waals surface area contributed by atoms with E-state index in [-0.39, 0.29) is 0 Å². The molecule has 0 spiro atoms. The molecule has 0 N–H and O–H groups in total. The van der Waals surface area contributed by atoms with Gasteiger partial charge in [-0.3, -0.25) is 0 Å². The van der Waals surface area contributed by atoms with Crippen LogP contribution in [0.15, 0.2) is 36.5 Å². The van der Waals surface area contributed by atoms with Crippen LogP contribution in [0.1, 0.15) is 48.3 Å². The second-order valence-electron chi connectivity index (χ2n) is 6.26. The Labute approximate surface area is 122 Å². The third-order valence-electron chi connectivity index (χ3n) is 4.64. The van der Waals surface area contributed by atoms with Gasteiger partial charge in [-0.05, 0) is 50.3 Å². The molecule has 20 heavy (non-hydrogen) atoms. The summed E-state index contributed by atoms with van der Waals surface area (Å²) in [4.78, 5) is 0. The molecule has 1 aromatic heterocycles. The van der Waals surface area contributed by atoms with Crippen LogP contribution in [0.4, 0.5) is 0 Å². The molecule has 104 valence electrons. The first kappa shape index (κ1) is 13.4. The summed E-state index contributed by atoms with van der Waals surface area (Å²) in [7, 11) is 2.17. The van der Waals surface area contributed by atoms with Crippen LogP contribution in [0.3, 0.4) is 0 Å². The molecule has 0 amide bonds. The van der Waals surface area contributed by atoms with Crippen LogP contribution in [0, 0.1) is 13.8 Å². The van der Waals surface area contributed by atoms with Gasteiger partial charge in [0.15, 0.2) is 6.20 Å². The highest BCUT2D eigenvalue weighted by atomic mass is 14.9. The van der Waals surface area contributed by atoms with Crippen molar-refractivity contribution in [2.75, 3.05) is 0 Å². The van der Waals surface area contributed by atoms with Gasteiger partial charge >= 0.3 is 0 Å². The van der Waals surface area contributed by atoms with E-state index in [9.17, 15) is 0 Å². The second-order valence-corrected chi connectivity index (χ2v) is 6.26. The maximum absolute atomic E-state index is 2.34. The van der Waals surface area contributed by atoms with Gasteiger partial charge < -0.3 is 0 Å². The molecule has 0 saturated heterocycles. The Bertz CT molecular complexity index is 622. The maximum Gasteiger partial charge on any atom is 0.212 e. The summed E-state index contributed by atoms with van der Waals surface area (Å²) in [5.41, 5.74) is 6.85. The molecule has 1 aromatic carbocycles. The van der Waals surface area contributed by atoms with Gasteiger partial charge in [0.25, 0.3) is 0 Å². The van der Waals surface area contributed by atoms with E-state index in [0.717, 1.165) is 5.92 Å². The molecule has 1 nitrogen and oxygen atoms in total. The molecular weight excluding hydrogens is 242 g/mol. The molecule has 0 unspecified atom stereocenters. The Kier molecular flexibility index (Phi) is 3.60. The summed E-state index contributed by atoms with van der Waals surface area (Å²) in [5.74, 6) is 0.786. The standard InChI is InChI=1S/C19H24N/c1-14-8-10-18(15(2)12-14)19-11-9-17(13-20(19)3)16-6-4-5-7-16/h8-13,16H,4-7H2,1-3H3/q+1. The van der Waals surface area contributed by atoms with Crippen LogP contribution >= 0.6 is 0 Å². The Morgan fingerprint density at radius 2 is 1.75 bits per heavy atom. The zero-order valence-electron chi connectivity index (χ0n) is 12.8. The Morgan fingerprint density at radius 3 is 2.40 bits per heavy atom. The lowest BCUT2D eigenvalue weighted by molar-refractivity contribution is -0.660. The van der Waals surface area contributed by atoms with E-state index >= 15 is 0 Å². The number of nitrogens with zero attached hydrogens (tertiary/aromatic N) is 1. The topological polar surface area (TPSA) is 3.88 Å². The van der Waals surface area contributed by atoms with E-state index in [0.29, 0.717) is 0 Å². The highest BCUT2D eigenvalue weighted by molar-refractivity contribution is 5.61. The normalized spacial score (nSPS) is 15.8. The molecule has 0 aliphatic heterocycles. The average molecular weight is 266 g/mol. The fourth-order valence-electron chi connectivity index (χ4n) is 3.51. The van der Waals surface area contributed by atoms with E-state index in [1.807, 2.05) is 0 Å². The molecule has 0 bridgehead atoms. The van der Waals surface area contributed by atoms with E-state index in [4.69, 9.17) is 0 Å². The first-order chi connectivity index (χ1) is 9.65. The molecule has 0 atom stereocenters. The molecule has 3 rings (SSSR count). The Balaban J connectivity index is 1.98. The van der Waals surface area contributed by atoms with Crippen LogP contribution in [0.2, 0.25) is 0 Å². The number of pyridine rings is 1. The summed E-state index contributed by atoms with van der Waals surface area (Å²) < 4.78 is 2.30. The van der Waals surface area contributed by atoms with Gasteiger partial charge in [-0.1, -0.05) is 30.5 Å². The molecule has 1 heterocycles. The Hall–Kier alpha value is -1.63. The van der Waals surface area contributed by atoms with Crippen molar-refractivity contribution in [1.82, 2.24) is 0 Å². The van der Waals surface area contributed by atoms with E-state index in [1.54, 1.807) is 0 Å². The van der Waals surface area contributed by atoms with Crippen molar-refractivity contribution in [1.29, 1.82) is 0 Å². The minimum atomic E-state index is 0.786. The Morgan fingerprint density at radius 1 is 1.00 bits per heavy atom. The van der Waals surface area contributed by atoms with Crippen molar-refractivity contribution < 1.29 is 4.57 Å². The van der Waals surface area contributed by atoms with Crippen molar-refractivity contribution in [3.8, 4) is 11.3 Å². The summed E-state index contributed by atoms with van der Waals surface area (Å²) >= 11 is 0. The van der Waals surface area contributed by atoms with Crippen LogP contribution in [-0.2, 0) is 7.05 Å². The smallest absolute Gasteiger partial charge is 0.201 e. The predicted molar refractivity (Wildman–Crippen MR) is 83.7 cm³/mol. The van der Waals surface area contributed by atoms with Crippen LogP contribution in [0.25, 0.3) is 11.3 Å². The minimum absolute atomic E-state index is 0.786. The highest BCUT2D eigenvalue weighted by Gasteiger charge is 2.21. The third kappa shape index (κ3) is 2.49. The molecule has 0 radical (unpaired) electrons. The van der Waals surface area contributed by atoms with Crippen molar-refractivity contribution in [2.24, 2.45) is 7.05 Å². The lowest BCUT2D eigenvalue weighted by Crippen LogP contribution is -2.31. The number of hydrogen-bond acceptors (Lipinski definition) is 0. The van der Waals surface area contributed by atoms with Crippen LogP contribution in [0.5, 0.6) is 0 Å². The SMILES string of the molecule is Cc1ccc(-c2ccc(C3CCCC3)c[n+]2C)c(C)c1. The zero-order chi connectivity index (χ0) is 14.1. The summed E-state index contributed by atoms with van der Waals surface area (Å²) in [5, 5.41) is 0. The van der Waals surface area contributed by atoms with Gasteiger partial charge in [0.2, 0.25) is 5.69 Å². The maximum atomic E-state index is 2.34. The largest absolute Gasteiger partial charge is 0.212 e. The average Bonchev–Trinajstić information content (AvgIpc) is 2.93. The molecular formula is C19H24N+. The van der Waals surface area contributed by atoms with Crippen LogP contribution in [-0.4, -0.2) is 0 Å². The first-order valence-electron chi connectivity index (χ1n) is 7.72. The monoisotopic (exact) mass is 266 g/mol. The van der Waals surface area contributed by atoms with Gasteiger partial charge in [-0.25, -0.2) is 4.57 Å². The molecule has 1 heteroatoms. The van der Waals surface area contributed by atoms with E-state index in [1.165, 1.54) is 53.6 Å². The lowest BCUT2D eigenvalue weighted by atomic mass is 9.97. The number of benzene rings is 1. The quantitative estimate of drug-likeness (QED) is 0.707. The van der Waals surface area contributed by atoms with Crippen molar-refractivity contribution in [3.63, 3.8) is 0 Å². The highest BCUT2D eigenvalue weighted by Crippen LogP contribution is 2.34. The molecule has 1 aliphatic carbocycles. The molecule has 1 saturated carbocycles. The zero-order valence-corrected chi connectivity index (χ0v) is 12.8. The van der Waals surface area contributed by atoms with E-state index < -0.39 is 0 Å². The summed E-state index contributed by atoms with van der Waals surface area (Å²) in [6.07, 6.45) is 7.86. The van der Waals surface area contributed by atoms with Crippen molar-refractivity contribution >= 4 is 0 Å². The molecule has 1 fully saturated rings. The summed E-state index contributed by atoms with van der Waals surface area (Å²) in [6, 6.07) is 11.3. The van der Waals surface area contributed by atoms with Gasteiger partial charge in [0.05, 0.1) is 0 Å². The number of hydrogen-bond donors (Lipinski definition) is 0. The van der Waals surface area contributed by atoms with Crippen molar-refractivity contribution in [3.05, 3.63) is 53.2 Å². The fourth-order valence-corrected chi connectivity index (χ4v) is 3.51. The van der Waals surface area contributed by atoms with E-state index in [2.05, 4.69) is 62.0 Å². The van der Waals surface area contributed by atoms with Gasteiger partial charge in [0, 0.05) is 17.2 Å². The second kappa shape index (κ2) is 5.40. The number of aromatic nitrogens is 1. The minimum Gasteiger partial charge on any atom is -0.201 e. The fraction of sp³-hybridized carbons (Fsp3) is 0.421. The summed E-state index contributed by atoms with van der Waals surface area (Å²) in [6.45, 7) is 4.35. The van der Waals surface area contributed by atoms with Gasteiger partial charge in [0.1, 0.15) is 7.05 Å². The molecule has 2 aromatic rings. The van der Waals surface area contributed by atoms with Crippen LogP contribution < -0.4 is 4.57 Å². The van der Waals surface area contributed by atoms with Crippen molar-refractivity contribution in [2.45, 2.75) is 45.4 Å².